The van der Waals surface area contributed by atoms with Gasteiger partial charge in [-0.3, -0.25) is 0 Å². The van der Waals surface area contributed by atoms with E-state index in [4.69, 9.17) is 15.0 Å². The van der Waals surface area contributed by atoms with Crippen molar-refractivity contribution in [2.75, 3.05) is 4.90 Å². The second kappa shape index (κ2) is 11.7. The van der Waals surface area contributed by atoms with Gasteiger partial charge in [0.05, 0.1) is 0 Å². The standard InChI is InChI=1S/C45H32N4/c1-29-11-6-8-17-39(29)44-46-43(47-45(48-44)40-18-9-7-12-30(40)2)33-23-25-37(26-24-33)49(36-15-4-3-5-16-36)38-27-34-21-19-31-13-10-14-32-20-22-35(28-38)42(34)41(31)32/h3-28H,1-2H3. The van der Waals surface area contributed by atoms with Crippen molar-refractivity contribution in [3.05, 3.63) is 169 Å². The van der Waals surface area contributed by atoms with E-state index < -0.39 is 0 Å². The first kappa shape index (κ1) is 28.8. The van der Waals surface area contributed by atoms with Crippen LogP contribution in [0.2, 0.25) is 0 Å². The van der Waals surface area contributed by atoms with Crippen LogP contribution >= 0.6 is 0 Å². The highest BCUT2D eigenvalue weighted by molar-refractivity contribution is 6.23. The van der Waals surface area contributed by atoms with Gasteiger partial charge in [-0.05, 0) is 106 Å². The van der Waals surface area contributed by atoms with E-state index in [0.29, 0.717) is 17.5 Å². The maximum absolute atomic E-state index is 5.02. The van der Waals surface area contributed by atoms with Crippen LogP contribution in [0.3, 0.4) is 0 Å². The van der Waals surface area contributed by atoms with Crippen LogP contribution in [0.15, 0.2) is 158 Å². The lowest BCUT2D eigenvalue weighted by Crippen LogP contribution is -2.10. The van der Waals surface area contributed by atoms with Gasteiger partial charge in [-0.25, -0.2) is 15.0 Å². The molecule has 0 N–H and O–H groups in total. The smallest absolute Gasteiger partial charge is 0.164 e. The van der Waals surface area contributed by atoms with E-state index in [1.165, 1.54) is 32.3 Å². The van der Waals surface area contributed by atoms with Crippen LogP contribution in [-0.4, -0.2) is 15.0 Å². The summed E-state index contributed by atoms with van der Waals surface area (Å²) < 4.78 is 0. The van der Waals surface area contributed by atoms with Crippen LogP contribution in [-0.2, 0) is 0 Å². The molecule has 9 aromatic rings. The Labute approximate surface area is 285 Å². The number of aryl methyl sites for hydroxylation is 2. The highest BCUT2D eigenvalue weighted by Gasteiger charge is 2.18. The lowest BCUT2D eigenvalue weighted by atomic mass is 9.93. The summed E-state index contributed by atoms with van der Waals surface area (Å²) in [6.45, 7) is 4.19. The zero-order valence-electron chi connectivity index (χ0n) is 27.3. The van der Waals surface area contributed by atoms with E-state index in [0.717, 1.165) is 44.9 Å². The van der Waals surface area contributed by atoms with Crippen molar-refractivity contribution in [1.29, 1.82) is 0 Å². The third-order valence-corrected chi connectivity index (χ3v) is 9.51. The minimum atomic E-state index is 0.646. The summed E-state index contributed by atoms with van der Waals surface area (Å²) >= 11 is 0. The molecule has 4 nitrogen and oxygen atoms in total. The van der Waals surface area contributed by atoms with Gasteiger partial charge in [0.1, 0.15) is 0 Å². The Morgan fingerprint density at radius 1 is 0.367 bits per heavy atom. The van der Waals surface area contributed by atoms with Gasteiger partial charge in [-0.1, -0.05) is 109 Å². The molecule has 0 bridgehead atoms. The van der Waals surface area contributed by atoms with Crippen molar-refractivity contribution in [2.45, 2.75) is 13.8 Å². The quantitative estimate of drug-likeness (QED) is 0.172. The number of rotatable bonds is 6. The molecule has 4 heteroatoms. The summed E-state index contributed by atoms with van der Waals surface area (Å²) in [7, 11) is 0. The third-order valence-electron chi connectivity index (χ3n) is 9.51. The van der Waals surface area contributed by atoms with Gasteiger partial charge >= 0.3 is 0 Å². The highest BCUT2D eigenvalue weighted by Crippen LogP contribution is 2.41. The monoisotopic (exact) mass is 628 g/mol. The minimum absolute atomic E-state index is 0.646. The second-order valence-corrected chi connectivity index (χ2v) is 12.6. The summed E-state index contributed by atoms with van der Waals surface area (Å²) in [5.41, 5.74) is 8.43. The molecule has 9 rings (SSSR count). The molecule has 0 unspecified atom stereocenters. The van der Waals surface area contributed by atoms with E-state index >= 15 is 0 Å². The van der Waals surface area contributed by atoms with E-state index in [9.17, 15) is 0 Å². The fourth-order valence-corrected chi connectivity index (χ4v) is 7.04. The first-order chi connectivity index (χ1) is 24.1. The molecule has 0 amide bonds. The summed E-state index contributed by atoms with van der Waals surface area (Å²) in [4.78, 5) is 17.3. The van der Waals surface area contributed by atoms with Crippen LogP contribution in [0.1, 0.15) is 11.1 Å². The topological polar surface area (TPSA) is 41.9 Å². The van der Waals surface area contributed by atoms with Crippen LogP contribution in [0.5, 0.6) is 0 Å². The SMILES string of the molecule is Cc1ccccc1-c1nc(-c2ccc(N(c3ccccc3)c3cc4ccc5cccc6ccc(c3)c4c56)cc2)nc(-c2ccccc2C)n1. The van der Waals surface area contributed by atoms with Gasteiger partial charge in [0.25, 0.3) is 0 Å². The molecule has 0 aliphatic heterocycles. The third kappa shape index (κ3) is 5.06. The highest BCUT2D eigenvalue weighted by atomic mass is 15.1. The lowest BCUT2D eigenvalue weighted by Gasteiger charge is -2.26. The number of hydrogen-bond acceptors (Lipinski definition) is 4. The van der Waals surface area contributed by atoms with E-state index in [1.54, 1.807) is 0 Å². The van der Waals surface area contributed by atoms with Crippen molar-refractivity contribution in [3.8, 4) is 34.2 Å². The van der Waals surface area contributed by atoms with Crippen molar-refractivity contribution in [3.63, 3.8) is 0 Å². The molecule has 0 aliphatic rings. The van der Waals surface area contributed by atoms with Crippen LogP contribution < -0.4 is 4.90 Å². The molecule has 0 saturated heterocycles. The van der Waals surface area contributed by atoms with Crippen molar-refractivity contribution in [2.24, 2.45) is 0 Å². The van der Waals surface area contributed by atoms with Crippen LogP contribution in [0, 0.1) is 13.8 Å². The zero-order valence-corrected chi connectivity index (χ0v) is 27.3. The predicted octanol–water partition coefficient (Wildman–Crippen LogP) is 11.9. The zero-order chi connectivity index (χ0) is 32.9. The number of aromatic nitrogens is 3. The van der Waals surface area contributed by atoms with Crippen LogP contribution in [0.4, 0.5) is 17.1 Å². The van der Waals surface area contributed by atoms with E-state index in [-0.39, 0.29) is 0 Å². The number of benzene rings is 8. The van der Waals surface area contributed by atoms with Gasteiger partial charge in [-0.15, -0.1) is 0 Å². The summed E-state index contributed by atoms with van der Waals surface area (Å²) in [5, 5.41) is 7.64. The van der Waals surface area contributed by atoms with Crippen molar-refractivity contribution < 1.29 is 0 Å². The first-order valence-electron chi connectivity index (χ1n) is 16.6. The van der Waals surface area contributed by atoms with Gasteiger partial charge < -0.3 is 4.90 Å². The van der Waals surface area contributed by atoms with E-state index in [1.807, 2.05) is 24.3 Å². The fourth-order valence-electron chi connectivity index (χ4n) is 7.04. The minimum Gasteiger partial charge on any atom is -0.310 e. The molecule has 8 aromatic carbocycles. The largest absolute Gasteiger partial charge is 0.310 e. The summed E-state index contributed by atoms with van der Waals surface area (Å²) in [6, 6.07) is 55.7. The molecule has 1 heterocycles. The predicted molar refractivity (Wildman–Crippen MR) is 204 cm³/mol. The Hall–Kier alpha value is -6.39. The molecule has 0 fully saturated rings. The number of para-hydroxylation sites is 1. The van der Waals surface area contributed by atoms with Crippen LogP contribution in [0.25, 0.3) is 66.5 Å². The molecule has 1 aromatic heterocycles. The van der Waals surface area contributed by atoms with Crippen molar-refractivity contribution in [1.82, 2.24) is 15.0 Å². The Morgan fingerprint density at radius 2 is 0.837 bits per heavy atom. The Balaban J connectivity index is 1.18. The maximum Gasteiger partial charge on any atom is 0.164 e. The molecule has 0 saturated carbocycles. The molecule has 0 aliphatic carbocycles. The molecular formula is C45H32N4. The Kier molecular flexibility index (Phi) is 6.87. The second-order valence-electron chi connectivity index (χ2n) is 12.6. The molecule has 0 spiro atoms. The molecule has 232 valence electrons. The number of nitrogens with zero attached hydrogens (tertiary/aromatic N) is 4. The average molecular weight is 629 g/mol. The fraction of sp³-hybridized carbons (Fsp3) is 0.0444. The number of anilines is 3. The molecule has 0 radical (unpaired) electrons. The Morgan fingerprint density at radius 3 is 1.41 bits per heavy atom. The maximum atomic E-state index is 5.02. The van der Waals surface area contributed by atoms with Gasteiger partial charge in [-0.2, -0.15) is 0 Å². The van der Waals surface area contributed by atoms with E-state index in [2.05, 4.69) is 152 Å². The van der Waals surface area contributed by atoms with Gasteiger partial charge in [0.2, 0.25) is 0 Å². The summed E-state index contributed by atoms with van der Waals surface area (Å²) in [5.74, 6) is 1.99. The van der Waals surface area contributed by atoms with Crippen molar-refractivity contribution >= 4 is 49.4 Å². The molecule has 49 heavy (non-hydrogen) atoms. The number of hydrogen-bond donors (Lipinski definition) is 0. The Bertz CT molecular complexity index is 2500. The average Bonchev–Trinajstić information content (AvgIpc) is 3.15. The molecular weight excluding hydrogens is 597 g/mol. The van der Waals surface area contributed by atoms with Gasteiger partial charge in [0, 0.05) is 33.8 Å². The summed E-state index contributed by atoms with van der Waals surface area (Å²) in [6.07, 6.45) is 0. The first-order valence-corrected chi connectivity index (χ1v) is 16.6. The van der Waals surface area contributed by atoms with Gasteiger partial charge in [0.15, 0.2) is 17.5 Å². The normalized spacial score (nSPS) is 11.5. The lowest BCUT2D eigenvalue weighted by molar-refractivity contribution is 1.07. The molecule has 0 atom stereocenters.